The van der Waals surface area contributed by atoms with E-state index in [2.05, 4.69) is 30.9 Å². The van der Waals surface area contributed by atoms with Crippen LogP contribution in [0.3, 0.4) is 0 Å². The van der Waals surface area contributed by atoms with E-state index in [9.17, 15) is 9.18 Å². The molecule has 0 saturated heterocycles. The minimum atomic E-state index is -1.31. The van der Waals surface area contributed by atoms with Crippen LogP contribution in [0.25, 0.3) is 5.52 Å². The zero-order valence-corrected chi connectivity index (χ0v) is 16.7. The maximum Gasteiger partial charge on any atom is 0.407 e. The minimum Gasteiger partial charge on any atom is -0.443 e. The molecule has 3 aromatic rings. The molecule has 3 atom stereocenters. The average molecular weight is 422 g/mol. The van der Waals surface area contributed by atoms with Crippen molar-refractivity contribution in [3.8, 4) is 0 Å². The molecule has 1 fully saturated rings. The number of alkyl halides is 1. The topological polar surface area (TPSA) is 109 Å². The van der Waals surface area contributed by atoms with Gasteiger partial charge in [0.15, 0.2) is 11.6 Å². The highest BCUT2D eigenvalue weighted by molar-refractivity contribution is 6.34. The van der Waals surface area contributed by atoms with Crippen LogP contribution in [0.1, 0.15) is 38.3 Å². The van der Waals surface area contributed by atoms with E-state index < -0.39 is 24.3 Å². The van der Waals surface area contributed by atoms with Crippen LogP contribution in [-0.4, -0.2) is 49.2 Å². The number of ether oxygens (including phenoxy) is 1. The number of nitrogens with one attached hydrogen (secondary N) is 3. The molecule has 0 aliphatic heterocycles. The average Bonchev–Trinajstić information content (AvgIpc) is 3.36. The first-order valence-electron chi connectivity index (χ1n) is 9.33. The van der Waals surface area contributed by atoms with Gasteiger partial charge in [0.1, 0.15) is 17.8 Å². The Morgan fingerprint density at radius 3 is 3.07 bits per heavy atom. The summed E-state index contributed by atoms with van der Waals surface area (Å²) in [7, 11) is 0. The summed E-state index contributed by atoms with van der Waals surface area (Å²) in [6, 6.07) is 1.66. The summed E-state index contributed by atoms with van der Waals surface area (Å²) in [5.41, 5.74) is 1.24. The van der Waals surface area contributed by atoms with E-state index in [1.54, 1.807) is 23.0 Å². The van der Waals surface area contributed by atoms with Crippen LogP contribution in [0.2, 0.25) is 5.02 Å². The highest BCUT2D eigenvalue weighted by Crippen LogP contribution is 2.38. The molecule has 3 N–H and O–H groups in total. The maximum absolute atomic E-state index is 14.9. The summed E-state index contributed by atoms with van der Waals surface area (Å²) in [4.78, 5) is 16.0. The lowest BCUT2D eigenvalue weighted by Gasteiger charge is -2.18. The van der Waals surface area contributed by atoms with Crippen LogP contribution in [0.15, 0.2) is 24.7 Å². The summed E-state index contributed by atoms with van der Waals surface area (Å²) in [5, 5.41) is 17.3. The molecule has 0 unspecified atom stereocenters. The van der Waals surface area contributed by atoms with E-state index in [4.69, 9.17) is 16.3 Å². The maximum atomic E-state index is 14.9. The Kier molecular flexibility index (Phi) is 5.27. The predicted molar refractivity (Wildman–Crippen MR) is 105 cm³/mol. The van der Waals surface area contributed by atoms with Crippen molar-refractivity contribution in [2.24, 2.45) is 0 Å². The number of H-pyrrole nitrogens is 1. The van der Waals surface area contributed by atoms with Gasteiger partial charge in [-0.05, 0) is 26.7 Å². The second kappa shape index (κ2) is 7.86. The SMILES string of the molecule is CC(C)NC(=O)O[C@@H]1CC[C@H](c2cc(Nc3nccn4ncc(Cl)c34)n[nH]2)[C@H]1F. The largest absolute Gasteiger partial charge is 0.443 e. The molecule has 3 aromatic heterocycles. The minimum absolute atomic E-state index is 0.0682. The number of aromatic nitrogens is 5. The Morgan fingerprint density at radius 2 is 2.28 bits per heavy atom. The highest BCUT2D eigenvalue weighted by Gasteiger charge is 2.40. The number of alkyl carbamates (subject to hydrolysis) is 1. The Hall–Kier alpha value is -2.88. The first-order chi connectivity index (χ1) is 13.9. The van der Waals surface area contributed by atoms with Crippen molar-refractivity contribution in [3.05, 3.63) is 35.4 Å². The van der Waals surface area contributed by atoms with Crippen molar-refractivity contribution in [2.45, 2.75) is 50.9 Å². The first-order valence-corrected chi connectivity index (χ1v) is 9.71. The number of fused-ring (bicyclic) bond motifs is 1. The van der Waals surface area contributed by atoms with Gasteiger partial charge in [0, 0.05) is 36.1 Å². The first kappa shape index (κ1) is 19.4. The molecule has 154 valence electrons. The Labute approximate surface area is 171 Å². The number of carbonyl (C=O) groups is 1. The standard InChI is InChI=1S/C18H21ClFN7O2/c1-9(2)23-18(28)29-13-4-3-10(15(13)20)12-7-14(26-25-12)24-17-16-11(19)8-22-27(16)6-5-21-17/h5-10,13,15H,3-4H2,1-2H3,(H,23,28)(H2,21,24,25,26)/t10-,13-,15-/m1/s1. The number of hydrogen-bond acceptors (Lipinski definition) is 6. The number of hydrogen-bond donors (Lipinski definition) is 3. The van der Waals surface area contributed by atoms with Crippen molar-refractivity contribution < 1.29 is 13.9 Å². The van der Waals surface area contributed by atoms with E-state index in [-0.39, 0.29) is 6.04 Å². The van der Waals surface area contributed by atoms with E-state index in [1.165, 1.54) is 6.20 Å². The van der Waals surface area contributed by atoms with Gasteiger partial charge in [-0.2, -0.15) is 10.2 Å². The van der Waals surface area contributed by atoms with Gasteiger partial charge in [-0.3, -0.25) is 5.10 Å². The van der Waals surface area contributed by atoms with Gasteiger partial charge in [0.25, 0.3) is 0 Å². The summed E-state index contributed by atoms with van der Waals surface area (Å²) < 4.78 is 21.7. The Bertz CT molecular complexity index is 1020. The fourth-order valence-corrected chi connectivity index (χ4v) is 3.71. The van der Waals surface area contributed by atoms with Crippen LogP contribution >= 0.6 is 11.6 Å². The molecular formula is C18H21ClFN7O2. The monoisotopic (exact) mass is 421 g/mol. The number of rotatable bonds is 5. The normalized spacial score (nSPS) is 21.6. The summed E-state index contributed by atoms with van der Waals surface area (Å²) in [5.74, 6) is 0.534. The smallest absolute Gasteiger partial charge is 0.407 e. The third-order valence-corrected chi connectivity index (χ3v) is 5.07. The van der Waals surface area contributed by atoms with Crippen molar-refractivity contribution in [1.82, 2.24) is 30.1 Å². The van der Waals surface area contributed by atoms with Crippen LogP contribution in [0.4, 0.5) is 20.8 Å². The van der Waals surface area contributed by atoms with Gasteiger partial charge >= 0.3 is 6.09 Å². The fourth-order valence-electron chi connectivity index (χ4n) is 3.49. The quantitative estimate of drug-likeness (QED) is 0.581. The molecule has 0 bridgehead atoms. The van der Waals surface area contributed by atoms with E-state index in [0.717, 1.165) is 0 Å². The third-order valence-electron chi connectivity index (χ3n) is 4.80. The molecule has 1 aliphatic rings. The van der Waals surface area contributed by atoms with Crippen LogP contribution < -0.4 is 10.6 Å². The van der Waals surface area contributed by atoms with Gasteiger partial charge in [-0.1, -0.05) is 11.6 Å². The molecule has 11 heteroatoms. The van der Waals surface area contributed by atoms with Crippen molar-refractivity contribution in [1.29, 1.82) is 0 Å². The van der Waals surface area contributed by atoms with Gasteiger partial charge in [-0.15, -0.1) is 0 Å². The molecule has 3 heterocycles. The number of nitrogens with zero attached hydrogens (tertiary/aromatic N) is 4. The van der Waals surface area contributed by atoms with Crippen molar-refractivity contribution in [3.63, 3.8) is 0 Å². The zero-order valence-electron chi connectivity index (χ0n) is 15.9. The molecule has 0 radical (unpaired) electrons. The molecule has 9 nitrogen and oxygen atoms in total. The van der Waals surface area contributed by atoms with Crippen molar-refractivity contribution in [2.75, 3.05) is 5.32 Å². The number of amides is 1. The van der Waals surface area contributed by atoms with E-state index >= 15 is 0 Å². The predicted octanol–water partition coefficient (Wildman–Crippen LogP) is 3.57. The Balaban J connectivity index is 1.45. The molecule has 1 saturated carbocycles. The van der Waals surface area contributed by atoms with Gasteiger partial charge < -0.3 is 15.4 Å². The molecular weight excluding hydrogens is 401 g/mol. The summed E-state index contributed by atoms with van der Waals surface area (Å²) in [6.45, 7) is 3.63. The van der Waals surface area contributed by atoms with Crippen LogP contribution in [-0.2, 0) is 4.74 Å². The summed E-state index contributed by atoms with van der Waals surface area (Å²) >= 11 is 6.17. The molecule has 4 rings (SSSR count). The fraction of sp³-hybridized carbons (Fsp3) is 0.444. The second-order valence-corrected chi connectivity index (χ2v) is 7.67. The summed E-state index contributed by atoms with van der Waals surface area (Å²) in [6.07, 6.45) is 3.11. The van der Waals surface area contributed by atoms with Crippen molar-refractivity contribution >= 4 is 34.8 Å². The molecule has 1 amide bonds. The molecule has 1 aliphatic carbocycles. The number of halogens is 2. The third kappa shape index (κ3) is 3.98. The lowest BCUT2D eigenvalue weighted by atomic mass is 10.0. The Morgan fingerprint density at radius 1 is 1.45 bits per heavy atom. The number of anilines is 2. The lowest BCUT2D eigenvalue weighted by molar-refractivity contribution is 0.0555. The number of aromatic amines is 1. The van der Waals surface area contributed by atoms with E-state index in [0.29, 0.717) is 40.7 Å². The molecule has 0 spiro atoms. The van der Waals surface area contributed by atoms with E-state index in [1.807, 2.05) is 13.8 Å². The zero-order chi connectivity index (χ0) is 20.5. The highest BCUT2D eigenvalue weighted by atomic mass is 35.5. The van der Waals surface area contributed by atoms with Crippen LogP contribution in [0.5, 0.6) is 0 Å². The second-order valence-electron chi connectivity index (χ2n) is 7.27. The lowest BCUT2D eigenvalue weighted by Crippen LogP contribution is -2.36. The number of carbonyl (C=O) groups excluding carboxylic acids is 1. The van der Waals surface area contributed by atoms with Crippen LogP contribution in [0, 0.1) is 0 Å². The van der Waals surface area contributed by atoms with Gasteiger partial charge in [0.2, 0.25) is 0 Å². The molecule has 0 aromatic carbocycles. The van der Waals surface area contributed by atoms with Gasteiger partial charge in [0.05, 0.1) is 11.2 Å². The molecule has 29 heavy (non-hydrogen) atoms. The van der Waals surface area contributed by atoms with Gasteiger partial charge in [-0.25, -0.2) is 18.7 Å².